The lowest BCUT2D eigenvalue weighted by molar-refractivity contribution is -0.140. The summed E-state index contributed by atoms with van der Waals surface area (Å²) < 4.78 is 41.9. The van der Waals surface area contributed by atoms with Gasteiger partial charge in [0.15, 0.2) is 5.69 Å². The average Bonchev–Trinajstić information content (AvgIpc) is 3.15. The van der Waals surface area contributed by atoms with Gasteiger partial charge >= 0.3 is 6.18 Å². The van der Waals surface area contributed by atoms with Crippen LogP contribution in [0, 0.1) is 6.92 Å². The second kappa shape index (κ2) is 6.17. The normalized spacial score (nSPS) is 13.4. The quantitative estimate of drug-likeness (QED) is 0.767. The summed E-state index contributed by atoms with van der Waals surface area (Å²) in [6, 6.07) is 2.87. The lowest BCUT2D eigenvalue weighted by Gasteiger charge is -2.13. The molecule has 0 bridgehead atoms. The van der Waals surface area contributed by atoms with Crippen molar-refractivity contribution in [1.82, 2.24) is 24.9 Å². The molecule has 0 aliphatic rings. The zero-order valence-corrected chi connectivity index (χ0v) is 14.6. The zero-order chi connectivity index (χ0) is 18.4. The minimum Gasteiger partial charge on any atom is -0.347 e. The van der Waals surface area contributed by atoms with Crippen LogP contribution in [0.5, 0.6) is 0 Å². The van der Waals surface area contributed by atoms with Gasteiger partial charge in [0.25, 0.3) is 5.91 Å². The van der Waals surface area contributed by atoms with E-state index in [0.717, 1.165) is 21.7 Å². The summed E-state index contributed by atoms with van der Waals surface area (Å²) in [4.78, 5) is 12.9. The van der Waals surface area contributed by atoms with E-state index in [1.165, 1.54) is 13.1 Å². The van der Waals surface area contributed by atoms with Crippen molar-refractivity contribution in [3.8, 4) is 0 Å². The third-order valence-corrected chi connectivity index (χ3v) is 4.82. The van der Waals surface area contributed by atoms with Gasteiger partial charge in [0, 0.05) is 24.7 Å². The number of aromatic nitrogens is 4. The first-order chi connectivity index (χ1) is 11.6. The van der Waals surface area contributed by atoms with Crippen molar-refractivity contribution in [3.63, 3.8) is 0 Å². The number of carbonyl (C=O) groups excluding carboxylic acids is 1. The monoisotopic (exact) mass is 371 g/mol. The molecule has 3 aromatic rings. The SMILES string of the molecule is Cc1ccn(CC(C)NC(=O)c2cc3c(C(F)(F)F)nn(C)c3s2)n1. The summed E-state index contributed by atoms with van der Waals surface area (Å²) in [5.41, 5.74) is -0.101. The highest BCUT2D eigenvalue weighted by Crippen LogP contribution is 2.37. The van der Waals surface area contributed by atoms with Gasteiger partial charge in [-0.05, 0) is 26.0 Å². The molecule has 134 valence electrons. The number of carbonyl (C=O) groups is 1. The standard InChI is InChI=1S/C15H16F3N5OS/c1-8-4-5-23(20-8)7-9(2)19-13(24)11-6-10-12(15(16,17)18)21-22(3)14(10)25-11/h4-6,9H,7H2,1-3H3,(H,19,24). The summed E-state index contributed by atoms with van der Waals surface area (Å²) in [6.45, 7) is 4.15. The smallest absolute Gasteiger partial charge is 0.347 e. The molecule has 6 nitrogen and oxygen atoms in total. The van der Waals surface area contributed by atoms with Crippen molar-refractivity contribution < 1.29 is 18.0 Å². The zero-order valence-electron chi connectivity index (χ0n) is 13.8. The first kappa shape index (κ1) is 17.5. The fraction of sp³-hybridized carbons (Fsp3) is 0.400. The van der Waals surface area contributed by atoms with Gasteiger partial charge in [0.05, 0.1) is 17.1 Å². The molecule has 3 rings (SSSR count). The molecule has 0 aromatic carbocycles. The number of amides is 1. The molecular weight excluding hydrogens is 355 g/mol. The summed E-state index contributed by atoms with van der Waals surface area (Å²) in [5.74, 6) is -0.411. The Kier molecular flexibility index (Phi) is 4.31. The summed E-state index contributed by atoms with van der Waals surface area (Å²) in [6.07, 6.45) is -2.75. The molecule has 3 heterocycles. The van der Waals surface area contributed by atoms with E-state index in [9.17, 15) is 18.0 Å². The Morgan fingerprint density at radius 3 is 2.72 bits per heavy atom. The Bertz CT molecular complexity index is 924. The fourth-order valence-corrected chi connectivity index (χ4v) is 3.52. The molecule has 10 heteroatoms. The van der Waals surface area contributed by atoms with Crippen LogP contribution in [0.2, 0.25) is 0 Å². The molecule has 0 aliphatic carbocycles. The van der Waals surface area contributed by atoms with Crippen LogP contribution in [0.15, 0.2) is 18.3 Å². The number of halogens is 3. The van der Waals surface area contributed by atoms with Crippen LogP contribution < -0.4 is 5.32 Å². The number of thiophene rings is 1. The summed E-state index contributed by atoms with van der Waals surface area (Å²) in [5, 5.41) is 10.5. The number of nitrogens with zero attached hydrogens (tertiary/aromatic N) is 4. The Morgan fingerprint density at radius 2 is 2.12 bits per heavy atom. The van der Waals surface area contributed by atoms with E-state index in [2.05, 4.69) is 15.5 Å². The minimum absolute atomic E-state index is 0.0551. The molecular formula is C15H16F3N5OS. The van der Waals surface area contributed by atoms with Crippen LogP contribution in [-0.2, 0) is 19.8 Å². The maximum Gasteiger partial charge on any atom is 0.435 e. The van der Waals surface area contributed by atoms with Gasteiger partial charge in [-0.2, -0.15) is 23.4 Å². The predicted molar refractivity (Wildman–Crippen MR) is 87.5 cm³/mol. The highest BCUT2D eigenvalue weighted by atomic mass is 32.1. The van der Waals surface area contributed by atoms with Gasteiger partial charge in [0.2, 0.25) is 0 Å². The molecule has 1 unspecified atom stereocenters. The highest BCUT2D eigenvalue weighted by Gasteiger charge is 2.37. The van der Waals surface area contributed by atoms with Crippen molar-refractivity contribution in [1.29, 1.82) is 0 Å². The molecule has 0 spiro atoms. The Balaban J connectivity index is 1.78. The molecule has 0 saturated heterocycles. The van der Waals surface area contributed by atoms with Gasteiger partial charge in [-0.3, -0.25) is 14.2 Å². The van der Waals surface area contributed by atoms with Crippen molar-refractivity contribution >= 4 is 27.5 Å². The molecule has 3 aromatic heterocycles. The van der Waals surface area contributed by atoms with E-state index >= 15 is 0 Å². The Hall–Kier alpha value is -2.36. The molecule has 1 amide bonds. The Morgan fingerprint density at radius 1 is 1.40 bits per heavy atom. The highest BCUT2D eigenvalue weighted by molar-refractivity contribution is 7.20. The lowest BCUT2D eigenvalue weighted by Crippen LogP contribution is -2.35. The van der Waals surface area contributed by atoms with E-state index in [-0.39, 0.29) is 16.3 Å². The van der Waals surface area contributed by atoms with E-state index in [1.807, 2.05) is 19.9 Å². The maximum atomic E-state index is 13.0. The molecule has 1 atom stereocenters. The minimum atomic E-state index is -4.56. The molecule has 25 heavy (non-hydrogen) atoms. The van der Waals surface area contributed by atoms with Crippen LogP contribution in [-0.4, -0.2) is 31.5 Å². The van der Waals surface area contributed by atoms with E-state index in [0.29, 0.717) is 11.4 Å². The van der Waals surface area contributed by atoms with Crippen LogP contribution in [0.1, 0.15) is 28.0 Å². The molecule has 0 fully saturated rings. The van der Waals surface area contributed by atoms with Gasteiger partial charge in [-0.1, -0.05) is 0 Å². The van der Waals surface area contributed by atoms with Gasteiger partial charge in [-0.15, -0.1) is 11.3 Å². The van der Waals surface area contributed by atoms with E-state index in [1.54, 1.807) is 10.9 Å². The second-order valence-electron chi connectivity index (χ2n) is 5.85. The number of fused-ring (bicyclic) bond motifs is 1. The topological polar surface area (TPSA) is 64.7 Å². The van der Waals surface area contributed by atoms with E-state index in [4.69, 9.17) is 0 Å². The van der Waals surface area contributed by atoms with Crippen molar-refractivity contribution in [2.45, 2.75) is 32.6 Å². The lowest BCUT2D eigenvalue weighted by atomic mass is 10.2. The Labute approximate surface area is 145 Å². The van der Waals surface area contributed by atoms with Crippen molar-refractivity contribution in [2.75, 3.05) is 0 Å². The van der Waals surface area contributed by atoms with Crippen molar-refractivity contribution in [2.24, 2.45) is 7.05 Å². The number of hydrogen-bond acceptors (Lipinski definition) is 4. The van der Waals surface area contributed by atoms with Crippen LogP contribution in [0.3, 0.4) is 0 Å². The predicted octanol–water partition coefficient (Wildman–Crippen LogP) is 2.98. The number of rotatable bonds is 4. The molecule has 1 N–H and O–H groups in total. The third kappa shape index (κ3) is 3.53. The summed E-state index contributed by atoms with van der Waals surface area (Å²) >= 11 is 0.987. The summed E-state index contributed by atoms with van der Waals surface area (Å²) in [7, 11) is 1.43. The first-order valence-electron chi connectivity index (χ1n) is 7.50. The van der Waals surface area contributed by atoms with Crippen LogP contribution >= 0.6 is 11.3 Å². The van der Waals surface area contributed by atoms with E-state index < -0.39 is 17.8 Å². The molecule has 0 aliphatic heterocycles. The number of alkyl halides is 3. The van der Waals surface area contributed by atoms with Crippen molar-refractivity contribution in [3.05, 3.63) is 34.6 Å². The number of nitrogens with one attached hydrogen (secondary N) is 1. The van der Waals surface area contributed by atoms with Gasteiger partial charge in [0.1, 0.15) is 4.83 Å². The largest absolute Gasteiger partial charge is 0.435 e. The second-order valence-corrected chi connectivity index (χ2v) is 6.88. The molecule has 0 radical (unpaired) electrons. The number of aryl methyl sites for hydroxylation is 2. The van der Waals surface area contributed by atoms with Gasteiger partial charge in [-0.25, -0.2) is 0 Å². The fourth-order valence-electron chi connectivity index (χ4n) is 2.55. The molecule has 0 saturated carbocycles. The van der Waals surface area contributed by atoms with Crippen LogP contribution in [0.25, 0.3) is 10.2 Å². The van der Waals surface area contributed by atoms with Crippen LogP contribution in [0.4, 0.5) is 13.2 Å². The number of hydrogen-bond donors (Lipinski definition) is 1. The average molecular weight is 371 g/mol. The maximum absolute atomic E-state index is 13.0. The first-order valence-corrected chi connectivity index (χ1v) is 8.31. The van der Waals surface area contributed by atoms with Gasteiger partial charge < -0.3 is 5.32 Å². The third-order valence-electron chi connectivity index (χ3n) is 3.62.